The highest BCUT2D eigenvalue weighted by molar-refractivity contribution is 6.03. The Morgan fingerprint density at radius 3 is 2.12 bits per heavy atom. The highest BCUT2D eigenvalue weighted by Gasteiger charge is 2.11. The highest BCUT2D eigenvalue weighted by atomic mass is 16.5. The first-order valence-corrected chi connectivity index (χ1v) is 5.93. The molecule has 98 valence electrons. The molecule has 1 aromatic heterocycles. The van der Waals surface area contributed by atoms with E-state index >= 15 is 0 Å². The fourth-order valence-electron chi connectivity index (χ4n) is 1.19. The van der Waals surface area contributed by atoms with E-state index in [2.05, 4.69) is 4.98 Å². The molecule has 3 N–H and O–H groups in total. The summed E-state index contributed by atoms with van der Waals surface area (Å²) in [6.07, 6.45) is 0. The van der Waals surface area contributed by atoms with Crippen molar-refractivity contribution in [2.45, 2.75) is 41.5 Å². The van der Waals surface area contributed by atoms with Crippen LogP contribution in [0.3, 0.4) is 0 Å². The number of ether oxygens (including phenoxy) is 1. The van der Waals surface area contributed by atoms with E-state index in [1.54, 1.807) is 13.0 Å². The van der Waals surface area contributed by atoms with Crippen LogP contribution in [0.1, 0.15) is 45.9 Å². The first-order chi connectivity index (χ1) is 8.06. The SMILES string of the molecule is CC.CC.COc1nc(C)cc(N)c1C(C)=N. The van der Waals surface area contributed by atoms with Crippen molar-refractivity contribution >= 4 is 11.4 Å². The van der Waals surface area contributed by atoms with Gasteiger partial charge >= 0.3 is 0 Å². The van der Waals surface area contributed by atoms with Crippen molar-refractivity contribution in [2.24, 2.45) is 0 Å². The van der Waals surface area contributed by atoms with Crippen molar-refractivity contribution in [1.82, 2.24) is 4.98 Å². The van der Waals surface area contributed by atoms with E-state index in [0.29, 0.717) is 22.8 Å². The standard InChI is InChI=1S/C9H13N3O.2C2H6/c1-5-4-7(11)8(6(2)10)9(12-5)13-3;2*1-2/h4,10H,1-3H3,(H2,11,12);2*1-2H3. The summed E-state index contributed by atoms with van der Waals surface area (Å²) < 4.78 is 5.04. The molecule has 0 saturated carbocycles. The molecule has 0 fully saturated rings. The van der Waals surface area contributed by atoms with Gasteiger partial charge in [-0.15, -0.1) is 0 Å². The smallest absolute Gasteiger partial charge is 0.224 e. The fourth-order valence-corrected chi connectivity index (χ4v) is 1.19. The van der Waals surface area contributed by atoms with Crippen LogP contribution in [0.15, 0.2) is 6.07 Å². The van der Waals surface area contributed by atoms with Gasteiger partial charge in [-0.25, -0.2) is 4.98 Å². The van der Waals surface area contributed by atoms with Crippen LogP contribution < -0.4 is 10.5 Å². The molecule has 17 heavy (non-hydrogen) atoms. The van der Waals surface area contributed by atoms with Gasteiger partial charge in [0.25, 0.3) is 0 Å². The number of aryl methyl sites for hydroxylation is 1. The van der Waals surface area contributed by atoms with Gasteiger partial charge in [-0.1, -0.05) is 27.7 Å². The summed E-state index contributed by atoms with van der Waals surface area (Å²) in [6, 6.07) is 1.73. The van der Waals surface area contributed by atoms with Crippen molar-refractivity contribution in [2.75, 3.05) is 12.8 Å². The molecule has 0 aromatic carbocycles. The third kappa shape index (κ3) is 5.33. The van der Waals surface area contributed by atoms with Crippen LogP contribution in [0.25, 0.3) is 0 Å². The molecule has 0 atom stereocenters. The maximum atomic E-state index is 7.49. The molecule has 0 aliphatic carbocycles. The van der Waals surface area contributed by atoms with Crippen LogP contribution in [0.5, 0.6) is 5.88 Å². The van der Waals surface area contributed by atoms with E-state index in [1.165, 1.54) is 7.11 Å². The zero-order valence-electron chi connectivity index (χ0n) is 12.0. The number of nitrogens with zero attached hydrogens (tertiary/aromatic N) is 1. The first-order valence-electron chi connectivity index (χ1n) is 5.93. The summed E-state index contributed by atoms with van der Waals surface area (Å²) >= 11 is 0. The quantitative estimate of drug-likeness (QED) is 0.777. The van der Waals surface area contributed by atoms with Crippen LogP contribution in [0.2, 0.25) is 0 Å². The number of methoxy groups -OCH3 is 1. The third-order valence-corrected chi connectivity index (χ3v) is 1.71. The minimum absolute atomic E-state index is 0.363. The molecule has 0 radical (unpaired) electrons. The molecule has 1 heterocycles. The monoisotopic (exact) mass is 239 g/mol. The third-order valence-electron chi connectivity index (χ3n) is 1.71. The van der Waals surface area contributed by atoms with Gasteiger partial charge in [0.1, 0.15) is 0 Å². The van der Waals surface area contributed by atoms with Gasteiger partial charge in [0.15, 0.2) is 0 Å². The number of pyridine rings is 1. The lowest BCUT2D eigenvalue weighted by atomic mass is 10.1. The molecule has 0 amide bonds. The number of rotatable bonds is 2. The topological polar surface area (TPSA) is 72.0 Å². The lowest BCUT2D eigenvalue weighted by Gasteiger charge is -2.09. The molecule has 0 saturated heterocycles. The van der Waals surface area contributed by atoms with Crippen molar-refractivity contribution < 1.29 is 4.74 Å². The largest absolute Gasteiger partial charge is 0.480 e. The number of nitrogen functional groups attached to an aromatic ring is 1. The van der Waals surface area contributed by atoms with Gasteiger partial charge < -0.3 is 15.9 Å². The number of nitrogens with one attached hydrogen (secondary N) is 1. The van der Waals surface area contributed by atoms with Crippen LogP contribution in [-0.2, 0) is 0 Å². The van der Waals surface area contributed by atoms with Crippen molar-refractivity contribution in [3.63, 3.8) is 0 Å². The van der Waals surface area contributed by atoms with E-state index in [4.69, 9.17) is 15.9 Å². The lowest BCUT2D eigenvalue weighted by Crippen LogP contribution is -2.05. The molecule has 1 aromatic rings. The summed E-state index contributed by atoms with van der Waals surface area (Å²) in [7, 11) is 1.52. The Labute approximate surface area is 105 Å². The Kier molecular flexibility index (Phi) is 10.1. The molecule has 4 heteroatoms. The molecule has 0 aliphatic rings. The fraction of sp³-hybridized carbons (Fsp3) is 0.538. The van der Waals surface area contributed by atoms with E-state index in [-0.39, 0.29) is 0 Å². The second-order valence-corrected chi connectivity index (χ2v) is 2.86. The summed E-state index contributed by atoms with van der Waals surface area (Å²) in [5.74, 6) is 0.421. The molecule has 1 rings (SSSR count). The van der Waals surface area contributed by atoms with Gasteiger partial charge in [-0.2, -0.15) is 0 Å². The zero-order valence-corrected chi connectivity index (χ0v) is 12.0. The second-order valence-electron chi connectivity index (χ2n) is 2.86. The molecular formula is C13H25N3O. The normalized spacial score (nSPS) is 8.18. The molecule has 0 spiro atoms. The van der Waals surface area contributed by atoms with E-state index in [0.717, 1.165) is 5.69 Å². The number of anilines is 1. The van der Waals surface area contributed by atoms with Crippen LogP contribution in [0, 0.1) is 12.3 Å². The van der Waals surface area contributed by atoms with Gasteiger partial charge in [-0.05, 0) is 19.9 Å². The van der Waals surface area contributed by atoms with E-state index < -0.39 is 0 Å². The molecule has 4 nitrogen and oxygen atoms in total. The zero-order chi connectivity index (χ0) is 14.0. The maximum Gasteiger partial charge on any atom is 0.224 e. The minimum atomic E-state index is 0.363. The lowest BCUT2D eigenvalue weighted by molar-refractivity contribution is 0.396. The predicted molar refractivity (Wildman–Crippen MR) is 75.1 cm³/mol. The maximum absolute atomic E-state index is 7.49. The average molecular weight is 239 g/mol. The number of hydrogen-bond donors (Lipinski definition) is 2. The molecular weight excluding hydrogens is 214 g/mol. The van der Waals surface area contributed by atoms with Gasteiger partial charge in [0.05, 0.1) is 12.7 Å². The molecule has 0 aliphatic heterocycles. The summed E-state index contributed by atoms with van der Waals surface area (Å²) in [5, 5.41) is 7.49. The van der Waals surface area contributed by atoms with Gasteiger partial charge in [0, 0.05) is 17.1 Å². The van der Waals surface area contributed by atoms with Crippen LogP contribution in [0.4, 0.5) is 5.69 Å². The van der Waals surface area contributed by atoms with Crippen molar-refractivity contribution in [1.29, 1.82) is 5.41 Å². The van der Waals surface area contributed by atoms with Crippen LogP contribution >= 0.6 is 0 Å². The molecule has 0 bridgehead atoms. The highest BCUT2D eigenvalue weighted by Crippen LogP contribution is 2.23. The second kappa shape index (κ2) is 9.63. The summed E-state index contributed by atoms with van der Waals surface area (Å²) in [4.78, 5) is 4.13. The summed E-state index contributed by atoms with van der Waals surface area (Å²) in [6.45, 7) is 11.5. The Morgan fingerprint density at radius 2 is 1.76 bits per heavy atom. The number of aromatic nitrogens is 1. The Bertz CT molecular complexity index is 349. The number of hydrogen-bond acceptors (Lipinski definition) is 4. The Hall–Kier alpha value is -1.58. The van der Waals surface area contributed by atoms with Gasteiger partial charge in [0.2, 0.25) is 5.88 Å². The van der Waals surface area contributed by atoms with Gasteiger partial charge in [-0.3, -0.25) is 0 Å². The average Bonchev–Trinajstić information content (AvgIpc) is 2.32. The Balaban J connectivity index is 0. The van der Waals surface area contributed by atoms with Crippen LogP contribution in [-0.4, -0.2) is 17.8 Å². The van der Waals surface area contributed by atoms with E-state index in [9.17, 15) is 0 Å². The predicted octanol–water partition coefficient (Wildman–Crippen LogP) is 3.42. The molecule has 0 unspecified atom stereocenters. The minimum Gasteiger partial charge on any atom is -0.480 e. The number of nitrogens with two attached hydrogens (primary N) is 1. The summed E-state index contributed by atoms with van der Waals surface area (Å²) in [5.41, 5.74) is 8.01. The van der Waals surface area contributed by atoms with Crippen molar-refractivity contribution in [3.05, 3.63) is 17.3 Å². The van der Waals surface area contributed by atoms with Crippen molar-refractivity contribution in [3.8, 4) is 5.88 Å². The first kappa shape index (κ1) is 17.8. The van der Waals surface area contributed by atoms with E-state index in [1.807, 2.05) is 34.6 Å². The Morgan fingerprint density at radius 1 is 1.29 bits per heavy atom.